The van der Waals surface area contributed by atoms with Gasteiger partial charge in [-0.05, 0) is 25.0 Å². The van der Waals surface area contributed by atoms with Gasteiger partial charge in [0.15, 0.2) is 11.2 Å². The molecule has 0 saturated heterocycles. The van der Waals surface area contributed by atoms with Crippen LogP contribution in [0.15, 0.2) is 63.2 Å². The van der Waals surface area contributed by atoms with Crippen LogP contribution in [0.4, 0.5) is 5.95 Å². The lowest BCUT2D eigenvalue weighted by atomic mass is 10.1. The number of nitrogens with zero attached hydrogens (tertiary/aromatic N) is 5. The number of rotatable bonds is 5. The Kier molecular flexibility index (Phi) is 5.29. The van der Waals surface area contributed by atoms with Gasteiger partial charge in [0.2, 0.25) is 5.95 Å². The standard InChI is InChI=1S/C23H24N6O2/c1-15-5-9-17(10-6-15)13-24-26-22-25-20-19(21(30)28(4)23(31)27(20)3)29(22)14-18-11-7-16(2)8-12-18/h5-13H,14H2,1-4H3,(H,25,26)/b24-13-. The molecule has 8 heteroatoms. The zero-order valence-electron chi connectivity index (χ0n) is 18.0. The summed E-state index contributed by atoms with van der Waals surface area (Å²) in [4.78, 5) is 29.8. The monoisotopic (exact) mass is 416 g/mol. The van der Waals surface area contributed by atoms with Gasteiger partial charge in [0, 0.05) is 14.1 Å². The molecule has 0 aliphatic heterocycles. The fraction of sp³-hybridized carbons (Fsp3) is 0.217. The minimum Gasteiger partial charge on any atom is -0.298 e. The third-order valence-corrected chi connectivity index (χ3v) is 5.26. The first kappa shape index (κ1) is 20.3. The molecule has 0 bridgehead atoms. The Morgan fingerprint density at radius 2 is 1.55 bits per heavy atom. The van der Waals surface area contributed by atoms with Crippen LogP contribution < -0.4 is 16.7 Å². The first-order valence-corrected chi connectivity index (χ1v) is 9.92. The van der Waals surface area contributed by atoms with E-state index in [9.17, 15) is 9.59 Å². The van der Waals surface area contributed by atoms with Crippen LogP contribution in [-0.2, 0) is 20.6 Å². The Balaban J connectivity index is 1.80. The largest absolute Gasteiger partial charge is 0.332 e. The van der Waals surface area contributed by atoms with E-state index in [0.717, 1.165) is 21.3 Å². The van der Waals surface area contributed by atoms with E-state index in [1.54, 1.807) is 17.8 Å². The summed E-state index contributed by atoms with van der Waals surface area (Å²) in [5.74, 6) is 0.386. The second-order valence-electron chi connectivity index (χ2n) is 7.67. The predicted octanol–water partition coefficient (Wildman–Crippen LogP) is 2.54. The van der Waals surface area contributed by atoms with E-state index < -0.39 is 11.2 Å². The fourth-order valence-corrected chi connectivity index (χ4v) is 3.38. The van der Waals surface area contributed by atoms with Gasteiger partial charge in [-0.3, -0.25) is 18.5 Å². The van der Waals surface area contributed by atoms with Crippen LogP contribution >= 0.6 is 0 Å². The van der Waals surface area contributed by atoms with Crippen molar-refractivity contribution >= 4 is 23.3 Å². The van der Waals surface area contributed by atoms with E-state index in [4.69, 9.17) is 0 Å². The lowest BCUT2D eigenvalue weighted by Crippen LogP contribution is -2.37. The van der Waals surface area contributed by atoms with E-state index in [-0.39, 0.29) is 0 Å². The Bertz CT molecular complexity index is 1390. The molecule has 0 radical (unpaired) electrons. The normalized spacial score (nSPS) is 11.5. The van der Waals surface area contributed by atoms with Gasteiger partial charge >= 0.3 is 5.69 Å². The lowest BCUT2D eigenvalue weighted by Gasteiger charge is -2.09. The van der Waals surface area contributed by atoms with Crippen molar-refractivity contribution in [1.82, 2.24) is 18.7 Å². The summed E-state index contributed by atoms with van der Waals surface area (Å²) in [7, 11) is 3.07. The van der Waals surface area contributed by atoms with E-state index in [1.165, 1.54) is 17.2 Å². The van der Waals surface area contributed by atoms with Crippen LogP contribution in [0.1, 0.15) is 22.3 Å². The predicted molar refractivity (Wildman–Crippen MR) is 123 cm³/mol. The molecule has 2 aromatic heterocycles. The zero-order valence-corrected chi connectivity index (χ0v) is 18.0. The van der Waals surface area contributed by atoms with Gasteiger partial charge in [-0.25, -0.2) is 10.2 Å². The lowest BCUT2D eigenvalue weighted by molar-refractivity contribution is 0.702. The molecule has 31 heavy (non-hydrogen) atoms. The maximum absolute atomic E-state index is 12.9. The highest BCUT2D eigenvalue weighted by Gasteiger charge is 2.19. The molecule has 4 aromatic rings. The van der Waals surface area contributed by atoms with Crippen molar-refractivity contribution in [3.05, 3.63) is 91.6 Å². The summed E-state index contributed by atoms with van der Waals surface area (Å²) < 4.78 is 4.22. The van der Waals surface area contributed by atoms with Crippen molar-refractivity contribution in [3.63, 3.8) is 0 Å². The first-order chi connectivity index (χ1) is 14.8. The number of nitrogens with one attached hydrogen (secondary N) is 1. The maximum Gasteiger partial charge on any atom is 0.332 e. The average molecular weight is 416 g/mol. The molecule has 2 aromatic carbocycles. The first-order valence-electron chi connectivity index (χ1n) is 9.92. The average Bonchev–Trinajstić information content (AvgIpc) is 3.12. The number of hydrogen-bond acceptors (Lipinski definition) is 5. The Labute approximate surface area is 179 Å². The molecule has 0 aliphatic rings. The van der Waals surface area contributed by atoms with Crippen molar-refractivity contribution in [2.24, 2.45) is 19.2 Å². The molecule has 0 fully saturated rings. The second kappa shape index (κ2) is 8.06. The number of imidazole rings is 1. The van der Waals surface area contributed by atoms with Gasteiger partial charge in [0.1, 0.15) is 0 Å². The molecule has 4 rings (SSSR count). The van der Waals surface area contributed by atoms with Crippen molar-refractivity contribution < 1.29 is 0 Å². The fourth-order valence-electron chi connectivity index (χ4n) is 3.38. The number of benzene rings is 2. The van der Waals surface area contributed by atoms with Crippen LogP contribution in [0.25, 0.3) is 11.2 Å². The third-order valence-electron chi connectivity index (χ3n) is 5.26. The molecule has 0 atom stereocenters. The molecule has 158 valence electrons. The Hall–Kier alpha value is -3.94. The van der Waals surface area contributed by atoms with Crippen LogP contribution in [0.2, 0.25) is 0 Å². The Morgan fingerprint density at radius 3 is 2.19 bits per heavy atom. The van der Waals surface area contributed by atoms with Gasteiger partial charge in [0.25, 0.3) is 5.56 Å². The van der Waals surface area contributed by atoms with E-state index in [1.807, 2.05) is 62.4 Å². The number of aryl methyl sites for hydroxylation is 3. The van der Waals surface area contributed by atoms with Crippen LogP contribution in [-0.4, -0.2) is 24.9 Å². The molecule has 8 nitrogen and oxygen atoms in total. The second-order valence-corrected chi connectivity index (χ2v) is 7.67. The molecule has 0 aliphatic carbocycles. The van der Waals surface area contributed by atoms with Crippen LogP contribution in [0, 0.1) is 13.8 Å². The topological polar surface area (TPSA) is 86.2 Å². The third kappa shape index (κ3) is 3.92. The highest BCUT2D eigenvalue weighted by Crippen LogP contribution is 2.18. The zero-order chi connectivity index (χ0) is 22.1. The smallest absolute Gasteiger partial charge is 0.298 e. The quantitative estimate of drug-likeness (QED) is 0.400. The Morgan fingerprint density at radius 1 is 0.935 bits per heavy atom. The SMILES string of the molecule is Cc1ccc(/C=N\Nc2nc3c(c(=O)n(C)c(=O)n3C)n2Cc2ccc(C)cc2)cc1. The van der Waals surface area contributed by atoms with E-state index in [2.05, 4.69) is 15.5 Å². The summed E-state index contributed by atoms with van der Waals surface area (Å²) in [6, 6.07) is 16.0. The van der Waals surface area contributed by atoms with Gasteiger partial charge in [-0.1, -0.05) is 59.7 Å². The molecule has 0 unspecified atom stereocenters. The van der Waals surface area contributed by atoms with Gasteiger partial charge in [0.05, 0.1) is 12.8 Å². The summed E-state index contributed by atoms with van der Waals surface area (Å²) in [6.45, 7) is 4.46. The number of hydrogen-bond donors (Lipinski definition) is 1. The number of hydrazone groups is 1. The molecule has 1 N–H and O–H groups in total. The molecular weight excluding hydrogens is 392 g/mol. The van der Waals surface area contributed by atoms with Gasteiger partial charge < -0.3 is 0 Å². The summed E-state index contributed by atoms with van der Waals surface area (Å²) in [5.41, 5.74) is 7.05. The summed E-state index contributed by atoms with van der Waals surface area (Å²) >= 11 is 0. The molecule has 0 saturated carbocycles. The van der Waals surface area contributed by atoms with Crippen molar-refractivity contribution in [2.75, 3.05) is 5.43 Å². The van der Waals surface area contributed by atoms with Crippen molar-refractivity contribution in [3.8, 4) is 0 Å². The number of fused-ring (bicyclic) bond motifs is 1. The van der Waals surface area contributed by atoms with Crippen LogP contribution in [0.3, 0.4) is 0 Å². The molecule has 0 spiro atoms. The minimum absolute atomic E-state index is 0.313. The van der Waals surface area contributed by atoms with Crippen molar-refractivity contribution in [2.45, 2.75) is 20.4 Å². The number of anilines is 1. The van der Waals surface area contributed by atoms with Gasteiger partial charge in [-0.2, -0.15) is 10.1 Å². The summed E-state index contributed by atoms with van der Waals surface area (Å²) in [5, 5.41) is 4.30. The van der Waals surface area contributed by atoms with Crippen LogP contribution in [0.5, 0.6) is 0 Å². The number of aromatic nitrogens is 4. The van der Waals surface area contributed by atoms with Crippen molar-refractivity contribution in [1.29, 1.82) is 0 Å². The summed E-state index contributed by atoms with van der Waals surface area (Å²) in [6.07, 6.45) is 1.69. The van der Waals surface area contributed by atoms with Gasteiger partial charge in [-0.15, -0.1) is 0 Å². The van der Waals surface area contributed by atoms with E-state index in [0.29, 0.717) is 23.7 Å². The highest BCUT2D eigenvalue weighted by molar-refractivity contribution is 5.80. The molecular formula is C23H24N6O2. The molecule has 2 heterocycles. The minimum atomic E-state index is -0.424. The maximum atomic E-state index is 12.9. The molecule has 0 amide bonds. The van der Waals surface area contributed by atoms with E-state index >= 15 is 0 Å². The highest BCUT2D eigenvalue weighted by atomic mass is 16.2.